The number of ether oxygens (including phenoxy) is 1. The maximum atomic E-state index is 13.5. The first-order valence-electron chi connectivity index (χ1n) is 9.32. The van der Waals surface area contributed by atoms with Crippen LogP contribution in [-0.2, 0) is 14.3 Å². The molecular formula is C20H27FN2O4. The quantitative estimate of drug-likeness (QED) is 0.745. The van der Waals surface area contributed by atoms with Gasteiger partial charge in [0.25, 0.3) is 11.8 Å². The van der Waals surface area contributed by atoms with Crippen molar-refractivity contribution in [2.45, 2.75) is 52.2 Å². The van der Waals surface area contributed by atoms with Crippen molar-refractivity contribution in [2.75, 3.05) is 6.54 Å². The molecule has 1 aliphatic rings. The number of carbonyl (C=O) groups is 3. The molecule has 2 N–H and O–H groups in total. The van der Waals surface area contributed by atoms with Crippen LogP contribution in [0.3, 0.4) is 0 Å². The van der Waals surface area contributed by atoms with E-state index in [1.54, 1.807) is 0 Å². The molecule has 148 valence electrons. The average molecular weight is 378 g/mol. The monoisotopic (exact) mass is 378 g/mol. The average Bonchev–Trinajstić information content (AvgIpc) is 2.63. The lowest BCUT2D eigenvalue weighted by molar-refractivity contribution is -0.154. The molecule has 0 unspecified atom stereocenters. The predicted molar refractivity (Wildman–Crippen MR) is 98.4 cm³/mol. The van der Waals surface area contributed by atoms with Gasteiger partial charge in [-0.1, -0.05) is 38.8 Å². The lowest BCUT2D eigenvalue weighted by atomic mass is 9.78. The van der Waals surface area contributed by atoms with Gasteiger partial charge in [0.05, 0.1) is 5.56 Å². The normalized spacial score (nSPS) is 23.2. The van der Waals surface area contributed by atoms with Crippen molar-refractivity contribution in [1.82, 2.24) is 10.6 Å². The van der Waals surface area contributed by atoms with Crippen LogP contribution in [0, 0.1) is 17.7 Å². The van der Waals surface area contributed by atoms with Crippen molar-refractivity contribution in [3.05, 3.63) is 35.6 Å². The lowest BCUT2D eigenvalue weighted by Gasteiger charge is -2.35. The molecule has 7 heteroatoms. The van der Waals surface area contributed by atoms with Crippen molar-refractivity contribution in [3.8, 4) is 0 Å². The Labute approximate surface area is 158 Å². The van der Waals surface area contributed by atoms with Gasteiger partial charge in [-0.2, -0.15) is 0 Å². The van der Waals surface area contributed by atoms with E-state index >= 15 is 0 Å². The number of carbonyl (C=O) groups excluding carboxylic acids is 3. The molecule has 1 saturated carbocycles. The minimum Gasteiger partial charge on any atom is -0.451 e. The first-order valence-corrected chi connectivity index (χ1v) is 9.32. The summed E-state index contributed by atoms with van der Waals surface area (Å²) in [5.41, 5.74) is -0.156. The number of amides is 2. The lowest BCUT2D eigenvalue weighted by Crippen LogP contribution is -2.48. The fourth-order valence-corrected chi connectivity index (χ4v) is 3.27. The van der Waals surface area contributed by atoms with Crippen molar-refractivity contribution in [2.24, 2.45) is 11.8 Å². The second-order valence-electron chi connectivity index (χ2n) is 7.18. The van der Waals surface area contributed by atoms with Crippen LogP contribution in [0.5, 0.6) is 0 Å². The topological polar surface area (TPSA) is 84.5 Å². The molecule has 1 fully saturated rings. The summed E-state index contributed by atoms with van der Waals surface area (Å²) < 4.78 is 18.6. The molecule has 27 heavy (non-hydrogen) atoms. The molecule has 0 aromatic heterocycles. The van der Waals surface area contributed by atoms with Crippen LogP contribution >= 0.6 is 0 Å². The van der Waals surface area contributed by atoms with E-state index in [0.29, 0.717) is 11.8 Å². The Bertz CT molecular complexity index is 694. The highest BCUT2D eigenvalue weighted by Crippen LogP contribution is 2.29. The molecule has 2 amide bonds. The van der Waals surface area contributed by atoms with Crippen LogP contribution in [-0.4, -0.2) is 36.5 Å². The molecule has 0 heterocycles. The van der Waals surface area contributed by atoms with Gasteiger partial charge in [0.2, 0.25) is 0 Å². The number of nitrogens with one attached hydrogen (secondary N) is 2. The van der Waals surface area contributed by atoms with E-state index < -0.39 is 30.3 Å². The maximum absolute atomic E-state index is 13.5. The van der Waals surface area contributed by atoms with E-state index in [2.05, 4.69) is 24.5 Å². The molecule has 0 saturated heterocycles. The summed E-state index contributed by atoms with van der Waals surface area (Å²) in [4.78, 5) is 36.0. The highest BCUT2D eigenvalue weighted by molar-refractivity contribution is 5.96. The second kappa shape index (κ2) is 9.48. The van der Waals surface area contributed by atoms with Crippen molar-refractivity contribution >= 4 is 17.8 Å². The second-order valence-corrected chi connectivity index (χ2v) is 7.18. The molecule has 0 radical (unpaired) electrons. The molecule has 6 nitrogen and oxygen atoms in total. The highest BCUT2D eigenvalue weighted by Gasteiger charge is 2.30. The van der Waals surface area contributed by atoms with Crippen LogP contribution in [0.15, 0.2) is 24.3 Å². The molecule has 0 spiro atoms. The molecule has 4 atom stereocenters. The molecule has 1 aromatic carbocycles. The molecule has 0 bridgehead atoms. The SMILES string of the molecule is C[C@@H]1[C@H](C)CCC[C@H]1NC(=O)[C@@H](C)OC(=O)CNC(=O)c1ccccc1F. The highest BCUT2D eigenvalue weighted by atomic mass is 19.1. The van der Waals surface area contributed by atoms with Crippen molar-refractivity contribution in [3.63, 3.8) is 0 Å². The molecule has 1 aromatic rings. The minimum atomic E-state index is -0.965. The Hall–Kier alpha value is -2.44. The zero-order valence-corrected chi connectivity index (χ0v) is 16.0. The van der Waals surface area contributed by atoms with Gasteiger partial charge in [-0.05, 0) is 37.3 Å². The number of benzene rings is 1. The van der Waals surface area contributed by atoms with E-state index in [1.165, 1.54) is 25.1 Å². The van der Waals surface area contributed by atoms with Gasteiger partial charge in [0.1, 0.15) is 12.4 Å². The first kappa shape index (κ1) is 20.9. The summed E-state index contributed by atoms with van der Waals surface area (Å²) in [6.07, 6.45) is 2.16. The van der Waals surface area contributed by atoms with E-state index in [9.17, 15) is 18.8 Å². The van der Waals surface area contributed by atoms with Gasteiger partial charge in [0.15, 0.2) is 6.10 Å². The van der Waals surface area contributed by atoms with Gasteiger partial charge in [-0.25, -0.2) is 4.39 Å². The van der Waals surface area contributed by atoms with Gasteiger partial charge < -0.3 is 15.4 Å². The van der Waals surface area contributed by atoms with E-state index in [1.807, 2.05) is 0 Å². The van der Waals surface area contributed by atoms with Crippen LogP contribution < -0.4 is 10.6 Å². The third-order valence-electron chi connectivity index (χ3n) is 5.22. The number of halogens is 1. The third kappa shape index (κ3) is 5.77. The van der Waals surface area contributed by atoms with Gasteiger partial charge in [0, 0.05) is 6.04 Å². The fourth-order valence-electron chi connectivity index (χ4n) is 3.27. The summed E-state index contributed by atoms with van der Waals surface area (Å²) in [7, 11) is 0. The summed E-state index contributed by atoms with van der Waals surface area (Å²) in [6.45, 7) is 5.33. The smallest absolute Gasteiger partial charge is 0.326 e. The molecule has 0 aliphatic heterocycles. The van der Waals surface area contributed by atoms with E-state index in [4.69, 9.17) is 4.74 Å². The van der Waals surface area contributed by atoms with Crippen molar-refractivity contribution < 1.29 is 23.5 Å². The Morgan fingerprint density at radius 2 is 1.93 bits per heavy atom. The van der Waals surface area contributed by atoms with Crippen LogP contribution in [0.2, 0.25) is 0 Å². The van der Waals surface area contributed by atoms with Crippen LogP contribution in [0.1, 0.15) is 50.4 Å². The maximum Gasteiger partial charge on any atom is 0.326 e. The van der Waals surface area contributed by atoms with Gasteiger partial charge in [-0.15, -0.1) is 0 Å². The Morgan fingerprint density at radius 3 is 2.63 bits per heavy atom. The van der Waals surface area contributed by atoms with Crippen molar-refractivity contribution in [1.29, 1.82) is 0 Å². The number of esters is 1. The van der Waals surface area contributed by atoms with Crippen LogP contribution in [0.4, 0.5) is 4.39 Å². The number of hydrogen-bond acceptors (Lipinski definition) is 4. The summed E-state index contributed by atoms with van der Waals surface area (Å²) in [6, 6.07) is 5.54. The van der Waals surface area contributed by atoms with Gasteiger partial charge >= 0.3 is 5.97 Å². The zero-order chi connectivity index (χ0) is 20.0. The first-order chi connectivity index (χ1) is 12.8. The standard InChI is InChI=1S/C20H27FN2O4/c1-12-7-6-10-17(13(12)2)23-19(25)14(3)27-18(24)11-22-20(26)15-8-4-5-9-16(15)21/h4-5,8-9,12-14,17H,6-7,10-11H2,1-3H3,(H,22,26)(H,23,25)/t12-,13-,14-,17-/m1/s1. The Kier molecular flexibility index (Phi) is 7.33. The fraction of sp³-hybridized carbons (Fsp3) is 0.550. The number of rotatable bonds is 6. The minimum absolute atomic E-state index is 0.0724. The zero-order valence-electron chi connectivity index (χ0n) is 16.0. The third-order valence-corrected chi connectivity index (χ3v) is 5.22. The Morgan fingerprint density at radius 1 is 1.22 bits per heavy atom. The molecular weight excluding hydrogens is 351 g/mol. The molecule has 1 aliphatic carbocycles. The van der Waals surface area contributed by atoms with E-state index in [0.717, 1.165) is 25.3 Å². The summed E-state index contributed by atoms with van der Waals surface area (Å²) in [5.74, 6) is -1.59. The largest absolute Gasteiger partial charge is 0.451 e. The number of hydrogen-bond donors (Lipinski definition) is 2. The van der Waals surface area contributed by atoms with Crippen LogP contribution in [0.25, 0.3) is 0 Å². The summed E-state index contributed by atoms with van der Waals surface area (Å²) in [5, 5.41) is 5.24. The predicted octanol–water partition coefficient (Wildman–Crippen LogP) is 2.43. The van der Waals surface area contributed by atoms with E-state index in [-0.39, 0.29) is 17.5 Å². The van der Waals surface area contributed by atoms with Gasteiger partial charge in [-0.3, -0.25) is 14.4 Å². The summed E-state index contributed by atoms with van der Waals surface area (Å²) >= 11 is 0. The Balaban J connectivity index is 1.78. The molecule has 2 rings (SSSR count).